The van der Waals surface area contributed by atoms with Crippen LogP contribution in [0.15, 0.2) is 18.2 Å². The average molecular weight is 290 g/mol. The van der Waals surface area contributed by atoms with Gasteiger partial charge in [0.1, 0.15) is 11.2 Å². The van der Waals surface area contributed by atoms with Crippen molar-refractivity contribution in [3.8, 4) is 0 Å². The van der Waals surface area contributed by atoms with Crippen LogP contribution in [0, 0.1) is 5.82 Å². The third kappa shape index (κ3) is 2.78. The molecule has 0 aromatic heterocycles. The van der Waals surface area contributed by atoms with Crippen molar-refractivity contribution in [1.29, 1.82) is 0 Å². The van der Waals surface area contributed by atoms with Crippen molar-refractivity contribution >= 4 is 29.1 Å². The molecule has 0 N–H and O–H groups in total. The number of carbonyl (C=O) groups excluding carboxylic acids is 1. The minimum absolute atomic E-state index is 0.00964. The number of carbonyl (C=O) groups is 1. The first-order valence-electron chi connectivity index (χ1n) is 5.98. The van der Waals surface area contributed by atoms with Gasteiger partial charge >= 0.3 is 0 Å². The number of amides is 1. The van der Waals surface area contributed by atoms with Gasteiger partial charge in [-0.15, -0.1) is 11.6 Å². The van der Waals surface area contributed by atoms with Crippen molar-refractivity contribution in [3.63, 3.8) is 0 Å². The van der Waals surface area contributed by atoms with E-state index in [1.165, 1.54) is 12.1 Å². The summed E-state index contributed by atoms with van der Waals surface area (Å²) in [6.07, 6.45) is 3.09. The summed E-state index contributed by atoms with van der Waals surface area (Å²) in [5.74, 6) is -0.845. The zero-order chi connectivity index (χ0) is 13.1. The molecule has 1 aliphatic rings. The van der Waals surface area contributed by atoms with Gasteiger partial charge in [-0.3, -0.25) is 4.79 Å². The Kier molecular flexibility index (Phi) is 4.46. The lowest BCUT2D eigenvalue weighted by Crippen LogP contribution is -2.37. The molecule has 1 saturated heterocycles. The highest BCUT2D eigenvalue weighted by molar-refractivity contribution is 6.32. The molecule has 2 nitrogen and oxygen atoms in total. The van der Waals surface area contributed by atoms with E-state index in [4.69, 9.17) is 23.2 Å². The molecule has 1 fully saturated rings. The third-order valence-electron chi connectivity index (χ3n) is 3.14. The monoisotopic (exact) mass is 289 g/mol. The summed E-state index contributed by atoms with van der Waals surface area (Å²) in [6, 6.07) is 4.54. The summed E-state index contributed by atoms with van der Waals surface area (Å²) in [7, 11) is 0. The molecule has 0 bridgehead atoms. The highest BCUT2D eigenvalue weighted by atomic mass is 35.5. The van der Waals surface area contributed by atoms with Gasteiger partial charge in [-0.1, -0.05) is 23.7 Å². The van der Waals surface area contributed by atoms with Crippen LogP contribution in [-0.4, -0.2) is 23.9 Å². The van der Waals surface area contributed by atoms with Gasteiger partial charge < -0.3 is 4.90 Å². The zero-order valence-electron chi connectivity index (χ0n) is 9.83. The lowest BCUT2D eigenvalue weighted by Gasteiger charge is -2.28. The van der Waals surface area contributed by atoms with Crippen LogP contribution in [0.1, 0.15) is 30.2 Å². The van der Waals surface area contributed by atoms with E-state index < -0.39 is 11.2 Å². The molecule has 18 heavy (non-hydrogen) atoms. The molecular weight excluding hydrogens is 276 g/mol. The Hall–Kier alpha value is -0.800. The maximum absolute atomic E-state index is 13.8. The van der Waals surface area contributed by atoms with Crippen LogP contribution in [0.3, 0.4) is 0 Å². The Morgan fingerprint density at radius 1 is 1.28 bits per heavy atom. The molecule has 0 radical (unpaired) electrons. The number of alkyl halides is 1. The Balaban J connectivity index is 2.17. The molecule has 0 aliphatic carbocycles. The van der Waals surface area contributed by atoms with Crippen molar-refractivity contribution in [2.24, 2.45) is 0 Å². The Labute approximate surface area is 116 Å². The summed E-state index contributed by atoms with van der Waals surface area (Å²) < 4.78 is 13.8. The molecule has 0 saturated carbocycles. The maximum atomic E-state index is 13.8. The largest absolute Gasteiger partial charge is 0.341 e. The summed E-state index contributed by atoms with van der Waals surface area (Å²) in [5, 5.41) is -1.01. The molecule has 1 heterocycles. The van der Waals surface area contributed by atoms with Crippen molar-refractivity contribution in [1.82, 2.24) is 4.90 Å². The number of piperidine rings is 1. The van der Waals surface area contributed by atoms with Gasteiger partial charge in [0.2, 0.25) is 5.91 Å². The minimum atomic E-state index is -0.998. The molecule has 0 spiro atoms. The molecule has 2 rings (SSSR count). The van der Waals surface area contributed by atoms with Gasteiger partial charge in [0.25, 0.3) is 0 Å². The van der Waals surface area contributed by atoms with Crippen LogP contribution < -0.4 is 0 Å². The summed E-state index contributed by atoms with van der Waals surface area (Å²) >= 11 is 11.8. The van der Waals surface area contributed by atoms with E-state index >= 15 is 0 Å². The first-order valence-corrected chi connectivity index (χ1v) is 6.79. The number of nitrogens with zero attached hydrogens (tertiary/aromatic N) is 1. The van der Waals surface area contributed by atoms with E-state index in [9.17, 15) is 9.18 Å². The summed E-state index contributed by atoms with van der Waals surface area (Å²) in [6.45, 7) is 1.40. The number of likely N-dealkylation sites (tertiary alicyclic amines) is 1. The minimum Gasteiger partial charge on any atom is -0.341 e. The molecule has 1 unspecified atom stereocenters. The van der Waals surface area contributed by atoms with Crippen LogP contribution in [0.2, 0.25) is 5.02 Å². The predicted octanol–water partition coefficient (Wildman–Crippen LogP) is 3.77. The number of rotatable bonds is 2. The Morgan fingerprint density at radius 3 is 2.61 bits per heavy atom. The van der Waals surface area contributed by atoms with E-state index in [1.54, 1.807) is 11.0 Å². The molecule has 1 aliphatic heterocycles. The number of benzene rings is 1. The van der Waals surface area contributed by atoms with Gasteiger partial charge in [0.15, 0.2) is 0 Å². The molecule has 1 aromatic carbocycles. The van der Waals surface area contributed by atoms with E-state index in [-0.39, 0.29) is 16.5 Å². The van der Waals surface area contributed by atoms with Gasteiger partial charge in [0.05, 0.1) is 5.02 Å². The highest BCUT2D eigenvalue weighted by Crippen LogP contribution is 2.29. The van der Waals surface area contributed by atoms with Gasteiger partial charge in [-0.25, -0.2) is 4.39 Å². The van der Waals surface area contributed by atoms with E-state index in [2.05, 4.69) is 0 Å². The third-order valence-corrected chi connectivity index (χ3v) is 3.85. The maximum Gasteiger partial charge on any atom is 0.245 e. The molecule has 98 valence electrons. The van der Waals surface area contributed by atoms with Crippen LogP contribution in [0.4, 0.5) is 4.39 Å². The van der Waals surface area contributed by atoms with E-state index in [0.717, 1.165) is 19.3 Å². The van der Waals surface area contributed by atoms with Gasteiger partial charge in [-0.05, 0) is 25.3 Å². The Bertz CT molecular complexity index is 447. The smallest absolute Gasteiger partial charge is 0.245 e. The van der Waals surface area contributed by atoms with Crippen molar-refractivity contribution in [3.05, 3.63) is 34.6 Å². The molecule has 5 heteroatoms. The fraction of sp³-hybridized carbons (Fsp3) is 0.462. The highest BCUT2D eigenvalue weighted by Gasteiger charge is 2.27. The lowest BCUT2D eigenvalue weighted by molar-refractivity contribution is -0.131. The lowest BCUT2D eigenvalue weighted by atomic mass is 10.1. The number of halogens is 3. The van der Waals surface area contributed by atoms with Crippen molar-refractivity contribution < 1.29 is 9.18 Å². The second kappa shape index (κ2) is 5.89. The standard InChI is InChI=1S/C13H14Cl2FNO/c14-10-6-4-5-9(12(10)16)11(15)13(18)17-7-2-1-3-8-17/h4-6,11H,1-3,7-8H2. The quantitative estimate of drug-likeness (QED) is 0.759. The Morgan fingerprint density at radius 2 is 1.94 bits per heavy atom. The van der Waals surface area contributed by atoms with E-state index in [0.29, 0.717) is 13.1 Å². The topological polar surface area (TPSA) is 20.3 Å². The first-order chi connectivity index (χ1) is 8.61. The first kappa shape index (κ1) is 13.6. The van der Waals surface area contributed by atoms with Crippen LogP contribution >= 0.6 is 23.2 Å². The predicted molar refractivity (Wildman–Crippen MR) is 70.4 cm³/mol. The van der Waals surface area contributed by atoms with Crippen molar-refractivity contribution in [2.45, 2.75) is 24.6 Å². The summed E-state index contributed by atoms with van der Waals surface area (Å²) in [4.78, 5) is 13.8. The average Bonchev–Trinajstić information content (AvgIpc) is 2.41. The van der Waals surface area contributed by atoms with Crippen LogP contribution in [-0.2, 0) is 4.79 Å². The molecule has 1 amide bonds. The molecule has 1 aromatic rings. The fourth-order valence-electron chi connectivity index (χ4n) is 2.12. The van der Waals surface area contributed by atoms with Crippen LogP contribution in [0.5, 0.6) is 0 Å². The number of hydrogen-bond donors (Lipinski definition) is 0. The zero-order valence-corrected chi connectivity index (χ0v) is 11.3. The normalized spacial score (nSPS) is 17.6. The molecule has 1 atom stereocenters. The van der Waals surface area contributed by atoms with Gasteiger partial charge in [-0.2, -0.15) is 0 Å². The van der Waals surface area contributed by atoms with Crippen molar-refractivity contribution in [2.75, 3.05) is 13.1 Å². The fourth-order valence-corrected chi connectivity index (χ4v) is 2.61. The van der Waals surface area contributed by atoms with Gasteiger partial charge in [0, 0.05) is 18.7 Å². The second-order valence-electron chi connectivity index (χ2n) is 4.39. The summed E-state index contributed by atoms with van der Waals surface area (Å²) in [5.41, 5.74) is 0.153. The molecular formula is C13H14Cl2FNO. The SMILES string of the molecule is O=C(C(Cl)c1cccc(Cl)c1F)N1CCCCC1. The second-order valence-corrected chi connectivity index (χ2v) is 5.24. The number of hydrogen-bond acceptors (Lipinski definition) is 1. The van der Waals surface area contributed by atoms with E-state index in [1.807, 2.05) is 0 Å². The van der Waals surface area contributed by atoms with Crippen LogP contribution in [0.25, 0.3) is 0 Å².